The Bertz CT molecular complexity index is 344. The molecule has 0 aliphatic carbocycles. The smallest absolute Gasteiger partial charge is 0.329 e. The van der Waals surface area contributed by atoms with Gasteiger partial charge in [-0.3, -0.25) is 0 Å². The monoisotopic (exact) mass is 354 g/mol. The Labute approximate surface area is 128 Å². The molecule has 0 aliphatic rings. The van der Waals surface area contributed by atoms with Crippen LogP contribution in [0.15, 0.2) is 0 Å². The summed E-state index contributed by atoms with van der Waals surface area (Å²) in [6.07, 6.45) is 0. The Hall–Kier alpha value is -0.100. The highest BCUT2D eigenvalue weighted by Crippen LogP contribution is 2.47. The molecule has 2 N–H and O–H groups in total. The maximum atomic E-state index is 9.47. The van der Waals surface area contributed by atoms with Gasteiger partial charge >= 0.3 is 5.97 Å². The van der Waals surface area contributed by atoms with E-state index >= 15 is 0 Å². The third kappa shape index (κ3) is 4.88. The van der Waals surface area contributed by atoms with Crippen molar-refractivity contribution in [3.8, 4) is 5.75 Å². The summed E-state index contributed by atoms with van der Waals surface area (Å²) >= 11 is 27.9. The highest BCUT2D eigenvalue weighted by Gasteiger charge is 2.18. The number of aliphatic carboxylic acids is 1. The lowest BCUT2D eigenvalue weighted by atomic mass is 10.3. The molecule has 0 saturated carbocycles. The van der Waals surface area contributed by atoms with Gasteiger partial charge in [0.25, 0.3) is 0 Å². The normalized spacial score (nSPS) is 9.67. The fourth-order valence-electron chi connectivity index (χ4n) is 0.717. The van der Waals surface area contributed by atoms with Crippen LogP contribution < -0.4 is 0 Å². The summed E-state index contributed by atoms with van der Waals surface area (Å²) in [6, 6.07) is 0. The van der Waals surface area contributed by atoms with Crippen LogP contribution in [0.1, 0.15) is 0 Å². The average Bonchev–Trinajstić information content (AvgIpc) is 2.32. The summed E-state index contributed by atoms with van der Waals surface area (Å²) in [5.41, 5.74) is 0. The van der Waals surface area contributed by atoms with Gasteiger partial charge in [-0.15, -0.1) is 0 Å². The van der Waals surface area contributed by atoms with Crippen LogP contribution in [-0.2, 0) is 9.53 Å². The van der Waals surface area contributed by atoms with Crippen molar-refractivity contribution in [1.82, 2.24) is 0 Å². The van der Waals surface area contributed by atoms with Crippen LogP contribution >= 0.6 is 58.0 Å². The van der Waals surface area contributed by atoms with Crippen molar-refractivity contribution >= 4 is 64.0 Å². The van der Waals surface area contributed by atoms with Gasteiger partial charge in [-0.2, -0.15) is 0 Å². The first-order chi connectivity index (χ1) is 8.23. The summed E-state index contributed by atoms with van der Waals surface area (Å²) in [5.74, 6) is -1.30. The van der Waals surface area contributed by atoms with Crippen molar-refractivity contribution in [3.05, 3.63) is 25.1 Å². The van der Waals surface area contributed by atoms with Gasteiger partial charge in [-0.05, 0) is 0 Å². The molecule has 4 nitrogen and oxygen atoms in total. The summed E-state index contributed by atoms with van der Waals surface area (Å²) in [7, 11) is 1.34. The zero-order chi connectivity index (χ0) is 14.5. The molecular formula is C9H7Cl5O4. The van der Waals surface area contributed by atoms with Gasteiger partial charge in [0.1, 0.15) is 16.7 Å². The van der Waals surface area contributed by atoms with E-state index < -0.39 is 5.97 Å². The van der Waals surface area contributed by atoms with Crippen LogP contribution in [0.3, 0.4) is 0 Å². The molecule has 1 rings (SSSR count). The van der Waals surface area contributed by atoms with E-state index in [0.717, 1.165) is 0 Å². The van der Waals surface area contributed by atoms with E-state index in [4.69, 9.17) is 63.1 Å². The Morgan fingerprint density at radius 3 is 1.56 bits per heavy atom. The van der Waals surface area contributed by atoms with Crippen molar-refractivity contribution in [3.63, 3.8) is 0 Å². The van der Waals surface area contributed by atoms with Gasteiger partial charge in [0.2, 0.25) is 0 Å². The molecule has 1 aromatic carbocycles. The van der Waals surface area contributed by atoms with Crippen molar-refractivity contribution in [2.24, 2.45) is 0 Å². The zero-order valence-corrected chi connectivity index (χ0v) is 12.6. The van der Waals surface area contributed by atoms with Crippen LogP contribution in [0.5, 0.6) is 5.75 Å². The topological polar surface area (TPSA) is 66.8 Å². The van der Waals surface area contributed by atoms with E-state index in [9.17, 15) is 9.90 Å². The second-order valence-electron chi connectivity index (χ2n) is 2.75. The maximum Gasteiger partial charge on any atom is 0.329 e. The maximum absolute atomic E-state index is 9.47. The van der Waals surface area contributed by atoms with Crippen LogP contribution in [0.4, 0.5) is 0 Å². The Morgan fingerprint density at radius 2 is 1.33 bits per heavy atom. The molecule has 0 radical (unpaired) electrons. The minimum Gasteiger partial charge on any atom is -0.505 e. The summed E-state index contributed by atoms with van der Waals surface area (Å²) < 4.78 is 4.20. The predicted molar refractivity (Wildman–Crippen MR) is 72.7 cm³/mol. The minimum atomic E-state index is -0.933. The van der Waals surface area contributed by atoms with Crippen LogP contribution in [0, 0.1) is 0 Å². The van der Waals surface area contributed by atoms with Gasteiger partial charge in [-0.1, -0.05) is 58.0 Å². The van der Waals surface area contributed by atoms with Crippen molar-refractivity contribution < 1.29 is 19.7 Å². The third-order valence-electron chi connectivity index (χ3n) is 1.45. The molecule has 9 heteroatoms. The molecule has 0 heterocycles. The molecule has 1 aromatic rings. The number of rotatable bonds is 2. The number of phenols is 1. The summed E-state index contributed by atoms with van der Waals surface area (Å²) in [6.45, 7) is -0.208. The second-order valence-corrected chi connectivity index (χ2v) is 4.64. The molecule has 0 saturated heterocycles. The quantitative estimate of drug-likeness (QED) is 0.610. The SMILES string of the molecule is COCC(=O)O.Oc1c(Cl)c(Cl)c(Cl)c(Cl)c1Cl. The number of benzene rings is 1. The average molecular weight is 356 g/mol. The predicted octanol–water partition coefficient (Wildman–Crippen LogP) is 4.38. The van der Waals surface area contributed by atoms with Crippen LogP contribution in [0.2, 0.25) is 25.1 Å². The van der Waals surface area contributed by atoms with Gasteiger partial charge in [0.05, 0.1) is 15.1 Å². The first-order valence-corrected chi connectivity index (χ1v) is 6.04. The van der Waals surface area contributed by atoms with Crippen molar-refractivity contribution in [2.45, 2.75) is 0 Å². The van der Waals surface area contributed by atoms with E-state index in [1.54, 1.807) is 0 Å². The van der Waals surface area contributed by atoms with E-state index in [-0.39, 0.29) is 37.5 Å². The van der Waals surface area contributed by atoms with E-state index in [1.807, 2.05) is 0 Å². The second kappa shape index (κ2) is 8.15. The van der Waals surface area contributed by atoms with Gasteiger partial charge in [0.15, 0.2) is 5.75 Å². The molecule has 102 valence electrons. The first kappa shape index (κ1) is 17.9. The Morgan fingerprint density at radius 1 is 1.00 bits per heavy atom. The zero-order valence-electron chi connectivity index (χ0n) is 8.81. The van der Waals surface area contributed by atoms with Crippen LogP contribution in [0.25, 0.3) is 0 Å². The lowest BCUT2D eigenvalue weighted by Crippen LogP contribution is -2.02. The number of hydrogen-bond acceptors (Lipinski definition) is 3. The highest BCUT2D eigenvalue weighted by atomic mass is 35.5. The molecule has 0 spiro atoms. The van der Waals surface area contributed by atoms with E-state index in [2.05, 4.69) is 4.74 Å². The number of carbonyl (C=O) groups is 1. The summed E-state index contributed by atoms with van der Waals surface area (Å²) in [5, 5.41) is 16.8. The van der Waals surface area contributed by atoms with Crippen molar-refractivity contribution in [1.29, 1.82) is 0 Å². The van der Waals surface area contributed by atoms with E-state index in [1.165, 1.54) is 7.11 Å². The fraction of sp³-hybridized carbons (Fsp3) is 0.222. The molecule has 0 bridgehead atoms. The Kier molecular flexibility index (Phi) is 8.10. The molecule has 18 heavy (non-hydrogen) atoms. The van der Waals surface area contributed by atoms with E-state index in [0.29, 0.717) is 0 Å². The fourth-order valence-corrected chi connectivity index (χ4v) is 1.85. The largest absolute Gasteiger partial charge is 0.505 e. The van der Waals surface area contributed by atoms with Gasteiger partial charge < -0.3 is 14.9 Å². The third-order valence-corrected chi connectivity index (χ3v) is 3.71. The highest BCUT2D eigenvalue weighted by molar-refractivity contribution is 6.55. The first-order valence-electron chi connectivity index (χ1n) is 4.15. The lowest BCUT2D eigenvalue weighted by molar-refractivity contribution is -0.141. The molecule has 0 aromatic heterocycles. The molecule has 0 unspecified atom stereocenters. The number of ether oxygens (including phenoxy) is 1. The van der Waals surface area contributed by atoms with Gasteiger partial charge in [0, 0.05) is 7.11 Å². The number of hydrogen-bond donors (Lipinski definition) is 2. The molecule has 0 fully saturated rings. The standard InChI is InChI=1S/C6HCl5O.C3H6O3/c7-1-2(8)4(10)6(12)5(11)3(1)9;1-6-2-3(4)5/h12H;2H2,1H3,(H,4,5). The number of carboxylic acids is 1. The molecular weight excluding hydrogens is 349 g/mol. The molecule has 0 atom stereocenters. The Balaban J connectivity index is 0.000000411. The molecule has 0 aliphatic heterocycles. The number of carboxylic acid groups (broad SMARTS) is 1. The van der Waals surface area contributed by atoms with Gasteiger partial charge in [-0.25, -0.2) is 4.79 Å². The lowest BCUT2D eigenvalue weighted by Gasteiger charge is -2.06. The molecule has 0 amide bonds. The number of methoxy groups -OCH3 is 1. The van der Waals surface area contributed by atoms with Crippen molar-refractivity contribution in [2.75, 3.05) is 13.7 Å². The number of aromatic hydroxyl groups is 1. The number of halogens is 5. The minimum absolute atomic E-state index is 0.00904. The summed E-state index contributed by atoms with van der Waals surface area (Å²) in [4.78, 5) is 9.47. The van der Waals surface area contributed by atoms with Crippen LogP contribution in [-0.4, -0.2) is 29.9 Å². The number of phenolic OH excluding ortho intramolecular Hbond substituents is 1.